The normalized spacial score (nSPS) is 14.4. The molecule has 0 bridgehead atoms. The number of aromatic nitrogens is 4. The molecule has 4 aromatic rings. The van der Waals surface area contributed by atoms with Crippen LogP contribution < -0.4 is 9.47 Å². The molecular weight excluding hydrogens is 849 g/mol. The van der Waals surface area contributed by atoms with Gasteiger partial charge in [-0.15, -0.1) is 0 Å². The van der Waals surface area contributed by atoms with Gasteiger partial charge in [0.15, 0.2) is 23.1 Å². The third kappa shape index (κ3) is 18.2. The molecule has 1 aliphatic rings. The van der Waals surface area contributed by atoms with E-state index in [0.29, 0.717) is 60.7 Å². The molecule has 1 saturated heterocycles. The largest absolute Gasteiger partial charge is 0.490 e. The van der Waals surface area contributed by atoms with Crippen LogP contribution in [0.25, 0.3) is 22.8 Å². The fraction of sp³-hybridized carbons (Fsp3) is 0.440. The van der Waals surface area contributed by atoms with E-state index >= 15 is 0 Å². The molecule has 0 spiro atoms. The molecule has 1 aliphatic heterocycles. The van der Waals surface area contributed by atoms with Gasteiger partial charge in [0, 0.05) is 23.3 Å². The first-order valence-electron chi connectivity index (χ1n) is 22.7. The molecule has 2 atom stereocenters. The van der Waals surface area contributed by atoms with E-state index in [1.54, 1.807) is 73.3 Å². The van der Waals surface area contributed by atoms with Crippen LogP contribution in [0.15, 0.2) is 98.6 Å². The van der Waals surface area contributed by atoms with E-state index in [2.05, 4.69) is 33.1 Å². The average molecular weight is 909 g/mol. The summed E-state index contributed by atoms with van der Waals surface area (Å²) in [7, 11) is 0. The van der Waals surface area contributed by atoms with Crippen LogP contribution in [-0.4, -0.2) is 96.0 Å². The highest BCUT2D eigenvalue weighted by Gasteiger charge is 2.34. The molecule has 352 valence electrons. The summed E-state index contributed by atoms with van der Waals surface area (Å²) in [6, 6.07) is 13.2. The van der Waals surface area contributed by atoms with Gasteiger partial charge in [-0.05, 0) is 49.9 Å². The van der Waals surface area contributed by atoms with Crippen molar-refractivity contribution in [2.45, 2.75) is 102 Å². The van der Waals surface area contributed by atoms with Crippen molar-refractivity contribution >= 4 is 23.9 Å². The van der Waals surface area contributed by atoms with Gasteiger partial charge in [0.25, 0.3) is 12.6 Å². The van der Waals surface area contributed by atoms with Gasteiger partial charge in [0.1, 0.15) is 0 Å². The maximum atomic E-state index is 13.1. The number of rotatable bonds is 30. The van der Waals surface area contributed by atoms with E-state index in [4.69, 9.17) is 37.9 Å². The van der Waals surface area contributed by atoms with Crippen molar-refractivity contribution in [1.29, 1.82) is 0 Å². The van der Waals surface area contributed by atoms with E-state index in [-0.39, 0.29) is 36.3 Å². The van der Waals surface area contributed by atoms with E-state index < -0.39 is 24.5 Å². The Morgan fingerprint density at radius 3 is 1.14 bits per heavy atom. The topological polar surface area (TPSA) is 194 Å². The summed E-state index contributed by atoms with van der Waals surface area (Å²) >= 11 is 0. The van der Waals surface area contributed by atoms with Crippen LogP contribution in [0.2, 0.25) is 0 Å². The van der Waals surface area contributed by atoms with Crippen LogP contribution in [-0.2, 0) is 38.0 Å². The molecule has 16 heteroatoms. The lowest BCUT2D eigenvalue weighted by atomic mass is 10.1. The molecular formula is C50H60N4O12. The van der Waals surface area contributed by atoms with Gasteiger partial charge in [0.2, 0.25) is 0 Å². The molecule has 0 aliphatic carbocycles. The Kier molecular flexibility index (Phi) is 22.3. The fourth-order valence-corrected chi connectivity index (χ4v) is 6.62. The maximum Gasteiger partial charge on any atom is 0.340 e. The summed E-state index contributed by atoms with van der Waals surface area (Å²) in [4.78, 5) is 66.0. The molecule has 66 heavy (non-hydrogen) atoms. The van der Waals surface area contributed by atoms with Crippen molar-refractivity contribution in [2.75, 3.05) is 39.6 Å². The Balaban J connectivity index is 0.971. The number of unbranched alkanes of at least 4 members (excludes halogenated alkanes) is 12. The smallest absolute Gasteiger partial charge is 0.340 e. The predicted molar refractivity (Wildman–Crippen MR) is 243 cm³/mol. The Hall–Kier alpha value is -6.52. The van der Waals surface area contributed by atoms with E-state index in [0.717, 1.165) is 89.9 Å². The van der Waals surface area contributed by atoms with Gasteiger partial charge in [-0.2, -0.15) is 0 Å². The third-order valence-corrected chi connectivity index (χ3v) is 10.3. The Labute approximate surface area is 386 Å². The minimum Gasteiger partial charge on any atom is -0.490 e. The number of benzene rings is 2. The monoisotopic (exact) mass is 908 g/mol. The molecule has 0 saturated carbocycles. The summed E-state index contributed by atoms with van der Waals surface area (Å²) in [5, 5.41) is 0. The van der Waals surface area contributed by atoms with E-state index in [1.165, 1.54) is 12.2 Å². The molecule has 0 amide bonds. The molecule has 16 nitrogen and oxygen atoms in total. The molecule has 5 rings (SSSR count). The second-order valence-electron chi connectivity index (χ2n) is 15.3. The van der Waals surface area contributed by atoms with Crippen LogP contribution in [0.4, 0.5) is 0 Å². The SMILES string of the molecule is C=CC(=O)OCCCCCCCCCOc1cnc(-c2ccc(C(=O)O[C@H]3OCCO[C@@H]3OC(=O)c3ccc(-c4ncc(OCCCCCCCCCOC(=O)C=C)cn4)cc3)cc2)nc1. The summed E-state index contributed by atoms with van der Waals surface area (Å²) in [5.41, 5.74) is 1.86. The van der Waals surface area contributed by atoms with Gasteiger partial charge in [-0.1, -0.05) is 102 Å². The highest BCUT2D eigenvalue weighted by Crippen LogP contribution is 2.23. The fourth-order valence-electron chi connectivity index (χ4n) is 6.62. The first-order valence-corrected chi connectivity index (χ1v) is 22.7. The summed E-state index contributed by atoms with van der Waals surface area (Å²) in [6.07, 6.45) is 20.6. The summed E-state index contributed by atoms with van der Waals surface area (Å²) in [5.74, 6) is -0.0677. The zero-order valence-corrected chi connectivity index (χ0v) is 37.5. The van der Waals surface area contributed by atoms with Gasteiger partial charge in [-0.25, -0.2) is 39.1 Å². The molecule has 2 aromatic carbocycles. The summed E-state index contributed by atoms with van der Waals surface area (Å²) < 4.78 is 44.0. The minimum atomic E-state index is -1.29. The van der Waals surface area contributed by atoms with Crippen LogP contribution in [0.1, 0.15) is 111 Å². The highest BCUT2D eigenvalue weighted by molar-refractivity contribution is 5.91. The molecule has 0 N–H and O–H groups in total. The van der Waals surface area contributed by atoms with Crippen LogP contribution in [0.3, 0.4) is 0 Å². The Morgan fingerprint density at radius 1 is 0.485 bits per heavy atom. The zero-order chi connectivity index (χ0) is 46.6. The lowest BCUT2D eigenvalue weighted by molar-refractivity contribution is -0.288. The number of nitrogens with zero attached hydrogens (tertiary/aromatic N) is 4. The van der Waals surface area contributed by atoms with Crippen molar-refractivity contribution in [3.8, 4) is 34.3 Å². The third-order valence-electron chi connectivity index (χ3n) is 10.3. The number of esters is 4. The molecule has 2 aromatic heterocycles. The highest BCUT2D eigenvalue weighted by atomic mass is 16.8. The van der Waals surface area contributed by atoms with Crippen molar-refractivity contribution in [3.63, 3.8) is 0 Å². The van der Waals surface area contributed by atoms with E-state index in [9.17, 15) is 19.2 Å². The number of ether oxygens (including phenoxy) is 8. The first-order chi connectivity index (χ1) is 32.3. The second-order valence-corrected chi connectivity index (χ2v) is 15.3. The zero-order valence-electron chi connectivity index (χ0n) is 37.5. The van der Waals surface area contributed by atoms with Crippen molar-refractivity contribution in [1.82, 2.24) is 19.9 Å². The van der Waals surface area contributed by atoms with Crippen molar-refractivity contribution in [2.24, 2.45) is 0 Å². The van der Waals surface area contributed by atoms with Crippen molar-refractivity contribution < 1.29 is 57.1 Å². The second kappa shape index (κ2) is 29.1. The predicted octanol–water partition coefficient (Wildman–Crippen LogP) is 8.99. The molecule has 3 heterocycles. The van der Waals surface area contributed by atoms with E-state index in [1.807, 2.05) is 0 Å². The standard InChI is InChI=1S/C50H60N4O12/c1-3-43(55)61-29-17-13-9-5-7-11-15-27-59-41-33-51-45(52-34-41)37-19-23-39(24-20-37)47(57)65-49-50(64-32-31-63-49)66-48(58)40-25-21-38(22-26-40)46-53-35-42(36-54-46)60-28-16-12-8-6-10-14-18-30-62-44(56)4-2/h3-4,19-26,33-36,49-50H,1-2,5-18,27-32H2/t49-,50-/m1/s1. The van der Waals surface area contributed by atoms with Gasteiger partial charge >= 0.3 is 23.9 Å². The average Bonchev–Trinajstić information content (AvgIpc) is 3.35. The lowest BCUT2D eigenvalue weighted by Gasteiger charge is -2.30. The molecule has 1 fully saturated rings. The molecule has 0 unspecified atom stereocenters. The minimum absolute atomic E-state index is 0.139. The maximum absolute atomic E-state index is 13.1. The number of hydrogen-bond donors (Lipinski definition) is 0. The Morgan fingerprint density at radius 2 is 0.803 bits per heavy atom. The van der Waals surface area contributed by atoms with Gasteiger partial charge in [-0.3, -0.25) is 0 Å². The van der Waals surface area contributed by atoms with Gasteiger partial charge < -0.3 is 37.9 Å². The number of carbonyl (C=O) groups excluding carboxylic acids is 4. The lowest BCUT2D eigenvalue weighted by Crippen LogP contribution is -2.44. The van der Waals surface area contributed by atoms with Gasteiger partial charge in [0.05, 0.1) is 75.6 Å². The van der Waals surface area contributed by atoms with Crippen LogP contribution in [0.5, 0.6) is 11.5 Å². The van der Waals surface area contributed by atoms with Crippen molar-refractivity contribution in [3.05, 3.63) is 110 Å². The number of carbonyl (C=O) groups is 4. The summed E-state index contributed by atoms with van der Waals surface area (Å²) in [6.45, 7) is 9.05. The molecule has 0 radical (unpaired) electrons. The first kappa shape index (κ1) is 50.5. The number of hydrogen-bond acceptors (Lipinski definition) is 16. The quantitative estimate of drug-likeness (QED) is 0.0208. The van der Waals surface area contributed by atoms with Crippen LogP contribution >= 0.6 is 0 Å². The Bertz CT molecular complexity index is 1950. The van der Waals surface area contributed by atoms with Crippen LogP contribution in [0, 0.1) is 0 Å².